The van der Waals surface area contributed by atoms with Gasteiger partial charge in [0.05, 0.1) is 52.2 Å². The molecular weight excluding hydrogens is 716 g/mol. The monoisotopic (exact) mass is 748 g/mol. The minimum atomic E-state index is 0.651. The molecule has 6 heteroatoms. The van der Waals surface area contributed by atoms with Crippen LogP contribution in [-0.2, 0) is 0 Å². The van der Waals surface area contributed by atoms with Crippen molar-refractivity contribution in [2.24, 2.45) is 20.0 Å². The first-order chi connectivity index (χ1) is 26.2. The molecule has 5 aliphatic heterocycles. The van der Waals surface area contributed by atoms with Gasteiger partial charge in [-0.3, -0.25) is 0 Å². The lowest BCUT2D eigenvalue weighted by Gasteiger charge is -2.13. The van der Waals surface area contributed by atoms with E-state index in [-0.39, 0.29) is 0 Å². The minimum absolute atomic E-state index is 0.651. The molecule has 5 nitrogen and oxygen atoms in total. The molecule has 0 saturated carbocycles. The molecular formula is C47H33BrN4O. The molecule has 8 bridgehead atoms. The summed E-state index contributed by atoms with van der Waals surface area (Å²) in [5, 5.41) is 0.901. The van der Waals surface area contributed by atoms with Crippen LogP contribution in [0.15, 0.2) is 207 Å². The topological polar surface area (TPSA) is 58.7 Å². The van der Waals surface area contributed by atoms with E-state index >= 15 is 0 Å². The number of fused-ring (bicyclic) bond motifs is 4. The van der Waals surface area contributed by atoms with Gasteiger partial charge in [0, 0.05) is 27.6 Å². The summed E-state index contributed by atoms with van der Waals surface area (Å²) in [5.74, 6) is 0.832. The summed E-state index contributed by atoms with van der Waals surface area (Å²) in [4.78, 5) is 21.4. The van der Waals surface area contributed by atoms with Crippen molar-refractivity contribution < 1.29 is 4.74 Å². The van der Waals surface area contributed by atoms with Crippen LogP contribution in [0.4, 0.5) is 0 Å². The fourth-order valence-electron chi connectivity index (χ4n) is 7.05. The number of halogens is 1. The lowest BCUT2D eigenvalue weighted by atomic mass is 9.98. The summed E-state index contributed by atoms with van der Waals surface area (Å²) >= 11 is 3.49. The van der Waals surface area contributed by atoms with E-state index in [9.17, 15) is 0 Å². The van der Waals surface area contributed by atoms with Gasteiger partial charge in [-0.1, -0.05) is 119 Å². The van der Waals surface area contributed by atoms with Crippen LogP contribution in [0, 0.1) is 0 Å². The molecule has 0 spiro atoms. The minimum Gasteiger partial charge on any atom is -0.494 e. The maximum atomic E-state index is 6.00. The molecule has 5 heterocycles. The molecule has 5 aliphatic rings. The van der Waals surface area contributed by atoms with E-state index < -0.39 is 0 Å². The van der Waals surface area contributed by atoms with Gasteiger partial charge in [-0.2, -0.15) is 0 Å². The highest BCUT2D eigenvalue weighted by Crippen LogP contribution is 2.38. The molecule has 4 aromatic carbocycles. The second-order valence-electron chi connectivity index (χ2n) is 12.9. The van der Waals surface area contributed by atoms with Crippen LogP contribution in [0.5, 0.6) is 5.75 Å². The van der Waals surface area contributed by atoms with Gasteiger partial charge >= 0.3 is 0 Å². The second kappa shape index (κ2) is 14.4. The molecule has 0 N–H and O–H groups in total. The number of aliphatic imine (C=N–C) groups is 4. The van der Waals surface area contributed by atoms with Crippen LogP contribution in [0.3, 0.4) is 0 Å². The lowest BCUT2D eigenvalue weighted by molar-refractivity contribution is 0.319. The highest BCUT2D eigenvalue weighted by molar-refractivity contribution is 9.09. The molecule has 0 aromatic heterocycles. The third kappa shape index (κ3) is 6.43. The molecule has 0 atom stereocenters. The molecule has 0 unspecified atom stereocenters. The van der Waals surface area contributed by atoms with Crippen molar-refractivity contribution in [1.29, 1.82) is 0 Å². The molecule has 4 aromatic rings. The summed E-state index contributed by atoms with van der Waals surface area (Å²) in [6.07, 6.45) is 17.7. The van der Waals surface area contributed by atoms with E-state index in [1.165, 1.54) is 0 Å². The SMILES string of the molecule is BrCCCOc1ccc(C2=C3C=CC(=N3)C(c3ccccc3)=C3C=CC(=N3)C(c3ccccc3)=C3C=CC(=N3)C(c3ccccc3)=C3C=CC2=N3)cc1. The number of rotatable bonds is 8. The fourth-order valence-corrected chi connectivity index (χ4v) is 7.28. The highest BCUT2D eigenvalue weighted by atomic mass is 79.9. The van der Waals surface area contributed by atoms with E-state index in [1.54, 1.807) is 0 Å². The predicted molar refractivity (Wildman–Crippen MR) is 224 cm³/mol. The fraction of sp³-hybridized carbons (Fsp3) is 0.0638. The van der Waals surface area contributed by atoms with Crippen molar-refractivity contribution in [3.63, 3.8) is 0 Å². The molecule has 254 valence electrons. The summed E-state index contributed by atoms with van der Waals surface area (Å²) in [7, 11) is 0. The van der Waals surface area contributed by atoms with E-state index in [1.807, 2.05) is 30.3 Å². The maximum Gasteiger partial charge on any atom is 0.119 e. The number of ether oxygens (including phenoxy) is 1. The van der Waals surface area contributed by atoms with E-state index in [0.717, 1.165) is 108 Å². The predicted octanol–water partition coefficient (Wildman–Crippen LogP) is 10.9. The van der Waals surface area contributed by atoms with Gasteiger partial charge < -0.3 is 4.74 Å². The lowest BCUT2D eigenvalue weighted by Crippen LogP contribution is -2.04. The summed E-state index contributed by atoms with van der Waals surface area (Å²) in [5.41, 5.74) is 14.7. The molecule has 0 radical (unpaired) electrons. The van der Waals surface area contributed by atoms with Gasteiger partial charge in [-0.15, -0.1) is 0 Å². The van der Waals surface area contributed by atoms with Gasteiger partial charge in [0.1, 0.15) is 5.75 Å². The number of hydrogen-bond acceptors (Lipinski definition) is 5. The van der Waals surface area contributed by atoms with E-state index in [0.29, 0.717) is 6.61 Å². The Kier molecular flexibility index (Phi) is 8.88. The van der Waals surface area contributed by atoms with Crippen molar-refractivity contribution in [1.82, 2.24) is 0 Å². The molecule has 53 heavy (non-hydrogen) atoms. The Morgan fingerprint density at radius 1 is 0.377 bits per heavy atom. The summed E-state index contributed by atoms with van der Waals surface area (Å²) in [6, 6.07) is 39.4. The smallest absolute Gasteiger partial charge is 0.119 e. The van der Waals surface area contributed by atoms with Gasteiger partial charge in [0.15, 0.2) is 0 Å². The Morgan fingerprint density at radius 3 is 1.02 bits per heavy atom. The van der Waals surface area contributed by atoms with Gasteiger partial charge in [-0.25, -0.2) is 20.0 Å². The molecule has 0 fully saturated rings. The first-order valence-electron chi connectivity index (χ1n) is 17.7. The Hall–Kier alpha value is -6.24. The first kappa shape index (κ1) is 32.7. The molecule has 0 amide bonds. The van der Waals surface area contributed by atoms with Crippen molar-refractivity contribution in [2.75, 3.05) is 11.9 Å². The Bertz CT molecular complexity index is 2470. The van der Waals surface area contributed by atoms with Crippen LogP contribution in [0.2, 0.25) is 0 Å². The van der Waals surface area contributed by atoms with Crippen molar-refractivity contribution in [3.8, 4) is 5.75 Å². The van der Waals surface area contributed by atoms with Gasteiger partial charge in [-0.05, 0) is 89.4 Å². The Balaban J connectivity index is 1.31. The highest BCUT2D eigenvalue weighted by Gasteiger charge is 2.27. The normalized spacial score (nSPS) is 17.2. The number of allylic oxidation sites excluding steroid dienone is 12. The number of nitrogens with zero attached hydrogens (tertiary/aromatic N) is 4. The first-order valence-corrected chi connectivity index (χ1v) is 18.9. The number of hydrogen-bond donors (Lipinski definition) is 0. The molecule has 0 saturated heterocycles. The van der Waals surface area contributed by atoms with Crippen LogP contribution >= 0.6 is 15.9 Å². The quantitative estimate of drug-likeness (QED) is 0.131. The zero-order chi connectivity index (χ0) is 35.6. The van der Waals surface area contributed by atoms with Crippen molar-refractivity contribution >= 4 is 61.1 Å². The maximum absolute atomic E-state index is 6.00. The zero-order valence-electron chi connectivity index (χ0n) is 28.8. The Labute approximate surface area is 317 Å². The van der Waals surface area contributed by atoms with E-state index in [4.69, 9.17) is 24.7 Å². The van der Waals surface area contributed by atoms with Crippen LogP contribution in [0.25, 0.3) is 22.3 Å². The zero-order valence-corrected chi connectivity index (χ0v) is 30.4. The van der Waals surface area contributed by atoms with Gasteiger partial charge in [0.2, 0.25) is 0 Å². The third-order valence-corrected chi connectivity index (χ3v) is 10.0. The molecule has 9 rings (SSSR count). The Morgan fingerprint density at radius 2 is 0.698 bits per heavy atom. The summed E-state index contributed by atoms with van der Waals surface area (Å²) in [6.45, 7) is 0.651. The van der Waals surface area contributed by atoms with Crippen LogP contribution < -0.4 is 4.74 Å². The van der Waals surface area contributed by atoms with E-state index in [2.05, 4.69) is 149 Å². The third-order valence-electron chi connectivity index (χ3n) is 9.49. The average Bonchev–Trinajstić information content (AvgIpc) is 4.05. The van der Waals surface area contributed by atoms with Crippen molar-refractivity contribution in [3.05, 3.63) is 209 Å². The van der Waals surface area contributed by atoms with Gasteiger partial charge in [0.25, 0.3) is 0 Å². The van der Waals surface area contributed by atoms with Crippen LogP contribution in [0.1, 0.15) is 28.7 Å². The average molecular weight is 750 g/mol. The van der Waals surface area contributed by atoms with Crippen LogP contribution in [-0.4, -0.2) is 34.8 Å². The summed E-state index contributed by atoms with van der Waals surface area (Å²) < 4.78 is 6.00. The number of benzene rings is 4. The van der Waals surface area contributed by atoms with Crippen molar-refractivity contribution in [2.45, 2.75) is 6.42 Å². The second-order valence-corrected chi connectivity index (χ2v) is 13.7. The molecule has 0 aliphatic carbocycles. The standard InChI is InChI=1S/C47H33BrN4O/c48-29-10-30-53-35-19-17-34(18-20-35)47-42-27-25-40(51-42)45(32-13-6-2-7-14-32)38-23-21-36(49-38)44(31-11-4-1-5-12-31)37-22-24-39(50-37)46(33-15-8-3-9-16-33)41-26-28-43(47)52-41/h1-9,11-28H,10,29-30H2. The largest absolute Gasteiger partial charge is 0.494 e. The number of alkyl halides is 1.